The van der Waals surface area contributed by atoms with E-state index in [1.54, 1.807) is 13.8 Å². The van der Waals surface area contributed by atoms with Crippen LogP contribution in [0.4, 0.5) is 4.39 Å². The van der Waals surface area contributed by atoms with Gasteiger partial charge in [0.15, 0.2) is 0 Å². The predicted octanol–water partition coefficient (Wildman–Crippen LogP) is 3.40. The molecule has 0 unspecified atom stereocenters. The summed E-state index contributed by atoms with van der Waals surface area (Å²) in [5.74, 6) is 2.31. The molecule has 0 aromatic heterocycles. The number of benzene rings is 1. The monoisotopic (exact) mass is 256 g/mol. The maximum absolute atomic E-state index is 12.7. The van der Waals surface area contributed by atoms with Crippen LogP contribution >= 0.6 is 7.60 Å². The Morgan fingerprint density at radius 3 is 2.18 bits per heavy atom. The van der Waals surface area contributed by atoms with Crippen LogP contribution in [0.1, 0.15) is 19.4 Å². The third-order valence-corrected chi connectivity index (χ3v) is 3.36. The zero-order chi connectivity index (χ0) is 12.7. The summed E-state index contributed by atoms with van der Waals surface area (Å²) < 4.78 is 34.6. The Bertz CT molecular complexity index is 449. The highest BCUT2D eigenvalue weighted by atomic mass is 31.2. The third kappa shape index (κ3) is 4.70. The van der Waals surface area contributed by atoms with Gasteiger partial charge in [-0.2, -0.15) is 0 Å². The van der Waals surface area contributed by atoms with Crippen LogP contribution in [0.25, 0.3) is 0 Å². The highest BCUT2D eigenvalue weighted by Crippen LogP contribution is 2.46. The molecule has 0 heterocycles. The van der Waals surface area contributed by atoms with Crippen LogP contribution in [0.2, 0.25) is 0 Å². The topological polar surface area (TPSA) is 35.5 Å². The van der Waals surface area contributed by atoms with Gasteiger partial charge in [0.05, 0.1) is 13.2 Å². The van der Waals surface area contributed by atoms with Gasteiger partial charge >= 0.3 is 7.60 Å². The summed E-state index contributed by atoms with van der Waals surface area (Å²) in [5, 5.41) is 0. The minimum Gasteiger partial charge on any atom is -0.300 e. The Morgan fingerprint density at radius 2 is 1.71 bits per heavy atom. The van der Waals surface area contributed by atoms with Crippen molar-refractivity contribution in [3.63, 3.8) is 0 Å². The zero-order valence-electron chi connectivity index (χ0n) is 9.77. The average Bonchev–Trinajstić information content (AvgIpc) is 2.29. The first-order valence-electron chi connectivity index (χ1n) is 5.27. The molecule has 17 heavy (non-hydrogen) atoms. The van der Waals surface area contributed by atoms with Gasteiger partial charge in [0, 0.05) is 11.2 Å². The minimum absolute atomic E-state index is 0.259. The van der Waals surface area contributed by atoms with Crippen molar-refractivity contribution in [3.8, 4) is 11.6 Å². The Labute approximate surface area is 100 Å². The molecule has 0 bridgehead atoms. The van der Waals surface area contributed by atoms with E-state index in [9.17, 15) is 8.96 Å². The van der Waals surface area contributed by atoms with Gasteiger partial charge in [-0.15, -0.1) is 0 Å². The Balaban J connectivity index is 2.87. The average molecular weight is 256 g/mol. The molecule has 0 aliphatic carbocycles. The number of halogens is 1. The smallest absolute Gasteiger partial charge is 0.300 e. The molecule has 0 spiro atoms. The summed E-state index contributed by atoms with van der Waals surface area (Å²) >= 11 is 0. The van der Waals surface area contributed by atoms with E-state index in [-0.39, 0.29) is 19.0 Å². The molecule has 0 amide bonds. The number of hydrogen-bond donors (Lipinski definition) is 0. The number of hydrogen-bond acceptors (Lipinski definition) is 3. The van der Waals surface area contributed by atoms with Gasteiger partial charge in [-0.3, -0.25) is 9.05 Å². The van der Waals surface area contributed by atoms with Gasteiger partial charge in [0.1, 0.15) is 5.82 Å². The largest absolute Gasteiger partial charge is 0.405 e. The Morgan fingerprint density at radius 1 is 1.18 bits per heavy atom. The number of rotatable bonds is 4. The molecule has 92 valence electrons. The first-order valence-corrected chi connectivity index (χ1v) is 6.82. The summed E-state index contributed by atoms with van der Waals surface area (Å²) in [7, 11) is -3.35. The molecule has 0 saturated carbocycles. The fourth-order valence-electron chi connectivity index (χ4n) is 1.11. The lowest BCUT2D eigenvalue weighted by Crippen LogP contribution is -1.93. The Hall–Kier alpha value is -1.14. The fraction of sp³-hybridized carbons (Fsp3) is 0.333. The molecule has 0 fully saturated rings. The molecule has 1 aromatic rings. The molecule has 5 heteroatoms. The van der Waals surface area contributed by atoms with Crippen LogP contribution in [0.5, 0.6) is 0 Å². The quantitative estimate of drug-likeness (QED) is 0.611. The summed E-state index contributed by atoms with van der Waals surface area (Å²) in [6.45, 7) is 3.95. The molecular formula is C12H14FO3P. The van der Waals surface area contributed by atoms with Crippen LogP contribution in [-0.2, 0) is 13.6 Å². The highest BCUT2D eigenvalue weighted by molar-refractivity contribution is 7.59. The first-order chi connectivity index (χ1) is 8.09. The van der Waals surface area contributed by atoms with Crippen LogP contribution in [-0.4, -0.2) is 13.2 Å². The van der Waals surface area contributed by atoms with E-state index in [1.165, 1.54) is 24.3 Å². The van der Waals surface area contributed by atoms with E-state index in [4.69, 9.17) is 9.05 Å². The molecule has 1 rings (SSSR count). The van der Waals surface area contributed by atoms with Crippen LogP contribution < -0.4 is 0 Å². The third-order valence-electron chi connectivity index (χ3n) is 1.78. The fourth-order valence-corrected chi connectivity index (χ4v) is 2.26. The van der Waals surface area contributed by atoms with Gasteiger partial charge in [-0.05, 0) is 38.1 Å². The van der Waals surface area contributed by atoms with Crippen molar-refractivity contribution >= 4 is 7.60 Å². The molecule has 0 saturated heterocycles. The van der Waals surface area contributed by atoms with Crippen molar-refractivity contribution in [2.45, 2.75) is 13.8 Å². The standard InChI is InChI=1S/C12H14FO3P/c1-3-15-17(14,16-4-2)10-9-11-5-7-12(13)8-6-11/h5-8H,3-4H2,1-2H3. The zero-order valence-corrected chi connectivity index (χ0v) is 10.7. The Kier molecular flexibility index (Phi) is 5.37. The summed E-state index contributed by atoms with van der Waals surface area (Å²) in [5.41, 5.74) is 3.03. The molecule has 0 atom stereocenters. The summed E-state index contributed by atoms with van der Waals surface area (Å²) in [6, 6.07) is 5.59. The van der Waals surface area contributed by atoms with Crippen molar-refractivity contribution in [2.24, 2.45) is 0 Å². The predicted molar refractivity (Wildman–Crippen MR) is 64.1 cm³/mol. The van der Waals surface area contributed by atoms with Crippen molar-refractivity contribution in [2.75, 3.05) is 13.2 Å². The van der Waals surface area contributed by atoms with E-state index in [0.29, 0.717) is 5.56 Å². The SMILES string of the molecule is CCOP(=O)(C#Cc1ccc(F)cc1)OCC. The van der Waals surface area contributed by atoms with Gasteiger partial charge in [-0.1, -0.05) is 5.92 Å². The molecule has 0 aliphatic rings. The van der Waals surface area contributed by atoms with Crippen molar-refractivity contribution in [3.05, 3.63) is 35.6 Å². The van der Waals surface area contributed by atoms with Gasteiger partial charge in [0.25, 0.3) is 0 Å². The van der Waals surface area contributed by atoms with E-state index >= 15 is 0 Å². The normalized spacial score (nSPS) is 10.8. The molecule has 0 N–H and O–H groups in total. The second-order valence-electron chi connectivity index (χ2n) is 3.08. The molecule has 1 aromatic carbocycles. The van der Waals surface area contributed by atoms with E-state index in [0.717, 1.165) is 0 Å². The van der Waals surface area contributed by atoms with Gasteiger partial charge in [0.2, 0.25) is 0 Å². The molecule has 3 nitrogen and oxygen atoms in total. The van der Waals surface area contributed by atoms with Crippen molar-refractivity contribution in [1.82, 2.24) is 0 Å². The van der Waals surface area contributed by atoms with Crippen LogP contribution in [0.3, 0.4) is 0 Å². The molecule has 0 radical (unpaired) electrons. The molecular weight excluding hydrogens is 242 g/mol. The lowest BCUT2D eigenvalue weighted by atomic mass is 10.2. The minimum atomic E-state index is -3.35. The van der Waals surface area contributed by atoms with Gasteiger partial charge < -0.3 is 0 Å². The van der Waals surface area contributed by atoms with E-state index in [2.05, 4.69) is 11.6 Å². The van der Waals surface area contributed by atoms with Crippen LogP contribution in [0.15, 0.2) is 24.3 Å². The maximum Gasteiger partial charge on any atom is 0.405 e. The van der Waals surface area contributed by atoms with Crippen LogP contribution in [0, 0.1) is 17.4 Å². The highest BCUT2D eigenvalue weighted by Gasteiger charge is 2.19. The first kappa shape index (κ1) is 13.9. The lowest BCUT2D eigenvalue weighted by Gasteiger charge is -2.09. The molecule has 0 aliphatic heterocycles. The van der Waals surface area contributed by atoms with E-state index < -0.39 is 7.60 Å². The lowest BCUT2D eigenvalue weighted by molar-refractivity contribution is 0.230. The van der Waals surface area contributed by atoms with Crippen molar-refractivity contribution in [1.29, 1.82) is 0 Å². The summed E-state index contributed by atoms with van der Waals surface area (Å²) in [4.78, 5) is 0. The van der Waals surface area contributed by atoms with Crippen molar-refractivity contribution < 1.29 is 18.0 Å². The van der Waals surface area contributed by atoms with Gasteiger partial charge in [-0.25, -0.2) is 8.96 Å². The maximum atomic E-state index is 12.7. The summed E-state index contributed by atoms with van der Waals surface area (Å²) in [6.07, 6.45) is 0. The second-order valence-corrected chi connectivity index (χ2v) is 4.81. The van der Waals surface area contributed by atoms with E-state index in [1.807, 2.05) is 0 Å². The second kappa shape index (κ2) is 6.56.